The molecule has 0 aromatic heterocycles. The standard InChI is InChI=1S/C9H7BrO4/c10-5-8(11)14-9-12-6-3-1-2-4-7(6)13-9/h1-4,9H,5H2. The van der Waals surface area contributed by atoms with Gasteiger partial charge in [-0.2, -0.15) is 0 Å². The molecular formula is C9H7BrO4. The van der Waals surface area contributed by atoms with Crippen LogP contribution in [0.5, 0.6) is 11.5 Å². The maximum Gasteiger partial charge on any atom is 0.408 e. The van der Waals surface area contributed by atoms with E-state index in [0.29, 0.717) is 11.5 Å². The Balaban J connectivity index is 2.01. The molecule has 0 amide bonds. The van der Waals surface area contributed by atoms with Gasteiger partial charge in [0.25, 0.3) is 0 Å². The van der Waals surface area contributed by atoms with E-state index in [1.165, 1.54) is 0 Å². The summed E-state index contributed by atoms with van der Waals surface area (Å²) < 4.78 is 15.2. The zero-order valence-corrected chi connectivity index (χ0v) is 8.69. The molecule has 74 valence electrons. The molecular weight excluding hydrogens is 252 g/mol. The predicted molar refractivity (Wildman–Crippen MR) is 51.4 cm³/mol. The molecule has 0 atom stereocenters. The summed E-state index contributed by atoms with van der Waals surface area (Å²) in [6.07, 6.45) is 0. The third kappa shape index (κ3) is 1.82. The van der Waals surface area contributed by atoms with E-state index in [1.807, 2.05) is 12.1 Å². The number of carbonyl (C=O) groups excluding carboxylic acids is 1. The highest BCUT2D eigenvalue weighted by Gasteiger charge is 2.26. The molecule has 0 aliphatic carbocycles. The van der Waals surface area contributed by atoms with Gasteiger partial charge in [0.1, 0.15) is 5.33 Å². The maximum absolute atomic E-state index is 10.9. The first-order valence-corrected chi connectivity index (χ1v) is 5.09. The number of alkyl halides is 1. The predicted octanol–water partition coefficient (Wildman–Crippen LogP) is 1.68. The van der Waals surface area contributed by atoms with Crippen LogP contribution in [-0.4, -0.2) is 17.8 Å². The van der Waals surface area contributed by atoms with Crippen LogP contribution in [0.25, 0.3) is 0 Å². The molecule has 0 fully saturated rings. The van der Waals surface area contributed by atoms with E-state index in [2.05, 4.69) is 15.9 Å². The van der Waals surface area contributed by atoms with Crippen molar-refractivity contribution in [3.8, 4) is 11.5 Å². The number of esters is 1. The van der Waals surface area contributed by atoms with E-state index in [1.54, 1.807) is 12.1 Å². The van der Waals surface area contributed by atoms with Gasteiger partial charge in [0.05, 0.1) is 0 Å². The van der Waals surface area contributed by atoms with Crippen LogP contribution < -0.4 is 9.47 Å². The largest absolute Gasteiger partial charge is 0.419 e. The normalized spacial score (nSPS) is 14.1. The highest BCUT2D eigenvalue weighted by molar-refractivity contribution is 9.09. The Bertz CT molecular complexity index is 327. The molecule has 0 spiro atoms. The van der Waals surface area contributed by atoms with Crippen molar-refractivity contribution in [2.45, 2.75) is 6.48 Å². The van der Waals surface area contributed by atoms with E-state index in [9.17, 15) is 4.79 Å². The molecule has 1 aromatic rings. The van der Waals surface area contributed by atoms with Gasteiger partial charge >= 0.3 is 12.4 Å². The maximum atomic E-state index is 10.9. The van der Waals surface area contributed by atoms with Gasteiger partial charge in [-0.1, -0.05) is 28.1 Å². The summed E-state index contributed by atoms with van der Waals surface area (Å²) in [4.78, 5) is 10.9. The minimum absolute atomic E-state index is 0.118. The summed E-state index contributed by atoms with van der Waals surface area (Å²) in [5.41, 5.74) is 0. The van der Waals surface area contributed by atoms with Crippen molar-refractivity contribution in [1.29, 1.82) is 0 Å². The zero-order chi connectivity index (χ0) is 9.97. The average molecular weight is 259 g/mol. The van der Waals surface area contributed by atoms with Crippen molar-refractivity contribution in [3.63, 3.8) is 0 Å². The van der Waals surface area contributed by atoms with Crippen molar-refractivity contribution in [2.75, 3.05) is 5.33 Å². The van der Waals surface area contributed by atoms with Crippen LogP contribution in [-0.2, 0) is 9.53 Å². The Morgan fingerprint density at radius 2 is 1.93 bits per heavy atom. The fourth-order valence-electron chi connectivity index (χ4n) is 1.06. The first-order chi connectivity index (χ1) is 6.79. The van der Waals surface area contributed by atoms with Crippen LogP contribution in [0, 0.1) is 0 Å². The van der Waals surface area contributed by atoms with Gasteiger partial charge in [-0.15, -0.1) is 0 Å². The number of hydrogen-bond donors (Lipinski definition) is 0. The van der Waals surface area contributed by atoms with Crippen LogP contribution in [0.1, 0.15) is 0 Å². The second-order valence-corrected chi connectivity index (χ2v) is 3.16. The van der Waals surface area contributed by atoms with Crippen molar-refractivity contribution < 1.29 is 19.0 Å². The quantitative estimate of drug-likeness (QED) is 0.598. The molecule has 0 N–H and O–H groups in total. The second kappa shape index (κ2) is 3.88. The van der Waals surface area contributed by atoms with Gasteiger partial charge in [-0.25, -0.2) is 0 Å². The highest BCUT2D eigenvalue weighted by Crippen LogP contribution is 2.34. The third-order valence-electron chi connectivity index (χ3n) is 1.63. The molecule has 14 heavy (non-hydrogen) atoms. The molecule has 2 rings (SSSR count). The number of rotatable bonds is 2. The molecule has 5 heteroatoms. The van der Waals surface area contributed by atoms with Gasteiger partial charge in [-0.05, 0) is 12.1 Å². The number of hydrogen-bond acceptors (Lipinski definition) is 4. The van der Waals surface area contributed by atoms with Crippen molar-refractivity contribution in [2.24, 2.45) is 0 Å². The summed E-state index contributed by atoms with van der Waals surface area (Å²) in [6.45, 7) is -0.961. The Hall–Kier alpha value is -1.23. The highest BCUT2D eigenvalue weighted by atomic mass is 79.9. The Labute approximate surface area is 88.9 Å². The van der Waals surface area contributed by atoms with E-state index >= 15 is 0 Å². The van der Waals surface area contributed by atoms with Crippen molar-refractivity contribution in [3.05, 3.63) is 24.3 Å². The van der Waals surface area contributed by atoms with Crippen LogP contribution >= 0.6 is 15.9 Å². The van der Waals surface area contributed by atoms with Gasteiger partial charge in [-0.3, -0.25) is 4.79 Å². The lowest BCUT2D eigenvalue weighted by Crippen LogP contribution is -2.26. The molecule has 4 nitrogen and oxygen atoms in total. The molecule has 1 aliphatic rings. The van der Waals surface area contributed by atoms with Crippen LogP contribution in [0.3, 0.4) is 0 Å². The lowest BCUT2D eigenvalue weighted by atomic mass is 10.3. The minimum atomic E-state index is -0.961. The molecule has 0 bridgehead atoms. The molecule has 0 saturated carbocycles. The number of ether oxygens (including phenoxy) is 3. The SMILES string of the molecule is O=C(CBr)OC1Oc2ccccc2O1. The second-order valence-electron chi connectivity index (χ2n) is 2.59. The van der Waals surface area contributed by atoms with Crippen molar-refractivity contribution >= 4 is 21.9 Å². The van der Waals surface area contributed by atoms with Crippen LogP contribution in [0.2, 0.25) is 0 Å². The fraction of sp³-hybridized carbons (Fsp3) is 0.222. The molecule has 0 unspecified atom stereocenters. The lowest BCUT2D eigenvalue weighted by Gasteiger charge is -2.08. The summed E-state index contributed by atoms with van der Waals surface area (Å²) in [6, 6.07) is 7.13. The first-order valence-electron chi connectivity index (χ1n) is 3.97. The Kier molecular flexibility index (Phi) is 2.58. The zero-order valence-electron chi connectivity index (χ0n) is 7.10. The topological polar surface area (TPSA) is 44.8 Å². The van der Waals surface area contributed by atoms with E-state index < -0.39 is 12.4 Å². The van der Waals surface area contributed by atoms with E-state index in [-0.39, 0.29) is 5.33 Å². The number of halogens is 1. The van der Waals surface area contributed by atoms with Gasteiger partial charge in [0.15, 0.2) is 11.5 Å². The molecule has 0 saturated heterocycles. The average Bonchev–Trinajstić information content (AvgIpc) is 2.59. The smallest absolute Gasteiger partial charge is 0.408 e. The van der Waals surface area contributed by atoms with Gasteiger partial charge in [0.2, 0.25) is 0 Å². The third-order valence-corrected chi connectivity index (χ3v) is 2.09. The summed E-state index contributed by atoms with van der Waals surface area (Å²) in [5, 5.41) is 0.118. The molecule has 0 radical (unpaired) electrons. The van der Waals surface area contributed by atoms with Gasteiger partial charge in [0, 0.05) is 0 Å². The molecule has 1 aliphatic heterocycles. The number of fused-ring (bicyclic) bond motifs is 1. The Morgan fingerprint density at radius 1 is 1.36 bits per heavy atom. The monoisotopic (exact) mass is 258 g/mol. The number of carbonyl (C=O) groups is 1. The minimum Gasteiger partial charge on any atom is -0.419 e. The number of benzene rings is 1. The number of para-hydroxylation sites is 2. The van der Waals surface area contributed by atoms with E-state index in [0.717, 1.165) is 0 Å². The molecule has 1 heterocycles. The summed E-state index contributed by atoms with van der Waals surface area (Å²) in [7, 11) is 0. The summed E-state index contributed by atoms with van der Waals surface area (Å²) in [5.74, 6) is 0.738. The van der Waals surface area contributed by atoms with Gasteiger partial charge < -0.3 is 14.2 Å². The molecule has 1 aromatic carbocycles. The van der Waals surface area contributed by atoms with Crippen molar-refractivity contribution in [1.82, 2.24) is 0 Å². The van der Waals surface area contributed by atoms with Crippen LogP contribution in [0.4, 0.5) is 0 Å². The van der Waals surface area contributed by atoms with Crippen LogP contribution in [0.15, 0.2) is 24.3 Å². The van der Waals surface area contributed by atoms with E-state index in [4.69, 9.17) is 14.2 Å². The fourth-order valence-corrected chi connectivity index (χ4v) is 1.20. The Morgan fingerprint density at radius 3 is 2.43 bits per heavy atom. The summed E-state index contributed by atoms with van der Waals surface area (Å²) >= 11 is 2.97. The first kappa shape index (κ1) is 9.33. The lowest BCUT2D eigenvalue weighted by molar-refractivity contribution is -0.191.